The topological polar surface area (TPSA) is 75.5 Å². The van der Waals surface area contributed by atoms with Crippen LogP contribution in [-0.2, 0) is 6.18 Å². The second-order valence-electron chi connectivity index (χ2n) is 7.43. The lowest BCUT2D eigenvalue weighted by Crippen LogP contribution is -2.38. The largest absolute Gasteiger partial charge is 0.490 e. The fraction of sp³-hybridized carbons (Fsp3) is 0.261. The van der Waals surface area contributed by atoms with Gasteiger partial charge in [0.1, 0.15) is 17.7 Å². The van der Waals surface area contributed by atoms with Gasteiger partial charge in [0, 0.05) is 55.6 Å². The van der Waals surface area contributed by atoms with Crippen molar-refractivity contribution in [1.82, 2.24) is 9.97 Å². The molecular weight excluding hydrogens is 423 g/mol. The van der Waals surface area contributed by atoms with Gasteiger partial charge in [0.2, 0.25) is 0 Å². The number of carboxylic acids is 1. The van der Waals surface area contributed by atoms with Crippen LogP contribution in [0.25, 0.3) is 11.1 Å². The highest BCUT2D eigenvalue weighted by Gasteiger charge is 2.35. The van der Waals surface area contributed by atoms with E-state index >= 15 is 0 Å². The number of hydrogen-bond acceptors (Lipinski definition) is 5. The molecule has 0 bridgehead atoms. The Hall–Kier alpha value is -3.62. The summed E-state index contributed by atoms with van der Waals surface area (Å²) in [6.45, 7) is 1.16. The Morgan fingerprint density at radius 1 is 1.06 bits per heavy atom. The standard InChI is InChI=1S/C23H20F3N3O3/c24-23(25,26)19-3-1-2-4-20(19)32-16-8-11-29(12-9-16)21-6-5-15(13-28-21)18-14-27-10-7-17(18)22(30)31/h1-7,10,13-14,16H,8-9,11-12H2,(H,30,31). The minimum Gasteiger partial charge on any atom is -0.490 e. The van der Waals surface area contributed by atoms with Crippen LogP contribution in [0.1, 0.15) is 28.8 Å². The summed E-state index contributed by atoms with van der Waals surface area (Å²) < 4.78 is 45.2. The van der Waals surface area contributed by atoms with Crippen molar-refractivity contribution in [3.8, 4) is 16.9 Å². The lowest BCUT2D eigenvalue weighted by atomic mass is 10.0. The van der Waals surface area contributed by atoms with Crippen molar-refractivity contribution >= 4 is 11.8 Å². The van der Waals surface area contributed by atoms with Crippen LogP contribution in [0.4, 0.5) is 19.0 Å². The first kappa shape index (κ1) is 21.6. The van der Waals surface area contributed by atoms with Crippen LogP contribution >= 0.6 is 0 Å². The smallest absolute Gasteiger partial charge is 0.419 e. The number of pyridine rings is 2. The first-order valence-electron chi connectivity index (χ1n) is 10.0. The monoisotopic (exact) mass is 443 g/mol. The Morgan fingerprint density at radius 2 is 1.81 bits per heavy atom. The molecule has 1 saturated heterocycles. The normalized spacial score (nSPS) is 14.9. The molecule has 1 aliphatic rings. The second-order valence-corrected chi connectivity index (χ2v) is 7.43. The van der Waals surface area contributed by atoms with Crippen molar-refractivity contribution in [2.45, 2.75) is 25.1 Å². The van der Waals surface area contributed by atoms with Gasteiger partial charge < -0.3 is 14.7 Å². The van der Waals surface area contributed by atoms with E-state index in [-0.39, 0.29) is 17.4 Å². The molecule has 1 aromatic carbocycles. The summed E-state index contributed by atoms with van der Waals surface area (Å²) >= 11 is 0. The van der Waals surface area contributed by atoms with E-state index < -0.39 is 17.7 Å². The number of nitrogens with zero attached hydrogens (tertiary/aromatic N) is 3. The highest BCUT2D eigenvalue weighted by Crippen LogP contribution is 2.37. The quantitative estimate of drug-likeness (QED) is 0.604. The molecule has 0 saturated carbocycles. The Labute approximate surface area is 182 Å². The minimum atomic E-state index is -4.46. The molecule has 0 radical (unpaired) electrons. The van der Waals surface area contributed by atoms with Crippen molar-refractivity contribution in [2.24, 2.45) is 0 Å². The van der Waals surface area contributed by atoms with E-state index in [1.165, 1.54) is 36.7 Å². The average molecular weight is 443 g/mol. The fourth-order valence-electron chi connectivity index (χ4n) is 3.73. The number of carbonyl (C=O) groups is 1. The van der Waals surface area contributed by atoms with Crippen LogP contribution in [0.2, 0.25) is 0 Å². The average Bonchev–Trinajstić information content (AvgIpc) is 2.79. The predicted molar refractivity (Wildman–Crippen MR) is 112 cm³/mol. The first-order valence-corrected chi connectivity index (χ1v) is 10.0. The molecule has 0 spiro atoms. The van der Waals surface area contributed by atoms with Crippen molar-refractivity contribution < 1.29 is 27.8 Å². The molecular formula is C23H20F3N3O3. The predicted octanol–water partition coefficient (Wildman–Crippen LogP) is 4.91. The van der Waals surface area contributed by atoms with Crippen LogP contribution in [-0.4, -0.2) is 40.2 Å². The van der Waals surface area contributed by atoms with Gasteiger partial charge in [0.15, 0.2) is 0 Å². The van der Waals surface area contributed by atoms with E-state index in [1.807, 2.05) is 4.90 Å². The summed E-state index contributed by atoms with van der Waals surface area (Å²) in [7, 11) is 0. The third-order valence-corrected chi connectivity index (χ3v) is 5.36. The minimum absolute atomic E-state index is 0.145. The summed E-state index contributed by atoms with van der Waals surface area (Å²) in [5.74, 6) is -0.476. The Balaban J connectivity index is 1.41. The maximum absolute atomic E-state index is 13.2. The number of piperidine rings is 1. The molecule has 1 N–H and O–H groups in total. The molecule has 0 amide bonds. The third kappa shape index (κ3) is 4.66. The Morgan fingerprint density at radius 3 is 2.47 bits per heavy atom. The number of carboxylic acid groups (broad SMARTS) is 1. The molecule has 4 rings (SSSR count). The van der Waals surface area contributed by atoms with Gasteiger partial charge >= 0.3 is 12.1 Å². The Bertz CT molecular complexity index is 1100. The van der Waals surface area contributed by atoms with Crippen LogP contribution in [0.3, 0.4) is 0 Å². The van der Waals surface area contributed by atoms with Gasteiger partial charge in [0.25, 0.3) is 0 Å². The molecule has 2 aromatic heterocycles. The van der Waals surface area contributed by atoms with Gasteiger partial charge in [0.05, 0.1) is 11.1 Å². The fourth-order valence-corrected chi connectivity index (χ4v) is 3.73. The molecule has 1 aliphatic heterocycles. The molecule has 0 atom stereocenters. The lowest BCUT2D eigenvalue weighted by Gasteiger charge is -2.33. The molecule has 9 heteroatoms. The summed E-state index contributed by atoms with van der Waals surface area (Å²) in [4.78, 5) is 21.9. The number of aromatic carboxylic acids is 1. The second kappa shape index (κ2) is 8.86. The van der Waals surface area contributed by atoms with Gasteiger partial charge in [-0.1, -0.05) is 12.1 Å². The number of aromatic nitrogens is 2. The van der Waals surface area contributed by atoms with E-state index in [0.717, 1.165) is 6.07 Å². The third-order valence-electron chi connectivity index (χ3n) is 5.36. The first-order chi connectivity index (χ1) is 15.3. The number of rotatable bonds is 5. The maximum atomic E-state index is 13.2. The number of hydrogen-bond donors (Lipinski definition) is 1. The van der Waals surface area contributed by atoms with Crippen LogP contribution in [0, 0.1) is 0 Å². The molecule has 3 heterocycles. The van der Waals surface area contributed by atoms with Crippen LogP contribution in [0.5, 0.6) is 5.75 Å². The number of alkyl halides is 3. The van der Waals surface area contributed by atoms with Gasteiger partial charge in [-0.25, -0.2) is 9.78 Å². The lowest BCUT2D eigenvalue weighted by molar-refractivity contribution is -0.139. The molecule has 1 fully saturated rings. The van der Waals surface area contributed by atoms with Gasteiger partial charge in [-0.05, 0) is 30.3 Å². The zero-order chi connectivity index (χ0) is 22.7. The number of halogens is 3. The van der Waals surface area contributed by atoms with Crippen LogP contribution in [0.15, 0.2) is 61.1 Å². The summed E-state index contributed by atoms with van der Waals surface area (Å²) in [5.41, 5.74) is 0.498. The molecule has 6 nitrogen and oxygen atoms in total. The zero-order valence-electron chi connectivity index (χ0n) is 16.9. The molecule has 0 aliphatic carbocycles. The molecule has 0 unspecified atom stereocenters. The highest BCUT2D eigenvalue weighted by molar-refractivity contribution is 5.95. The number of para-hydroxylation sites is 1. The van der Waals surface area contributed by atoms with Crippen molar-refractivity contribution in [3.05, 3.63) is 72.2 Å². The number of ether oxygens (including phenoxy) is 1. The van der Waals surface area contributed by atoms with E-state index in [4.69, 9.17) is 4.74 Å². The molecule has 32 heavy (non-hydrogen) atoms. The van der Waals surface area contributed by atoms with Crippen molar-refractivity contribution in [3.63, 3.8) is 0 Å². The highest BCUT2D eigenvalue weighted by atomic mass is 19.4. The summed E-state index contributed by atoms with van der Waals surface area (Å²) in [5, 5.41) is 9.35. The van der Waals surface area contributed by atoms with E-state index in [1.54, 1.807) is 18.3 Å². The SMILES string of the molecule is O=C(O)c1ccncc1-c1ccc(N2CCC(Oc3ccccc3C(F)(F)F)CC2)nc1. The van der Waals surface area contributed by atoms with Gasteiger partial charge in [-0.15, -0.1) is 0 Å². The van der Waals surface area contributed by atoms with E-state index in [0.29, 0.717) is 42.9 Å². The Kier molecular flexibility index (Phi) is 5.98. The number of benzene rings is 1. The maximum Gasteiger partial charge on any atom is 0.419 e. The van der Waals surface area contributed by atoms with Gasteiger partial charge in [-0.3, -0.25) is 4.98 Å². The molecule has 3 aromatic rings. The van der Waals surface area contributed by atoms with Crippen molar-refractivity contribution in [2.75, 3.05) is 18.0 Å². The number of anilines is 1. The van der Waals surface area contributed by atoms with Crippen LogP contribution < -0.4 is 9.64 Å². The van der Waals surface area contributed by atoms with E-state index in [2.05, 4.69) is 9.97 Å². The van der Waals surface area contributed by atoms with Crippen molar-refractivity contribution in [1.29, 1.82) is 0 Å². The zero-order valence-corrected chi connectivity index (χ0v) is 16.9. The van der Waals surface area contributed by atoms with Gasteiger partial charge in [-0.2, -0.15) is 13.2 Å². The molecule has 166 valence electrons. The summed E-state index contributed by atoms with van der Waals surface area (Å²) in [6.07, 6.45) is 0.847. The van der Waals surface area contributed by atoms with E-state index in [9.17, 15) is 23.1 Å². The summed E-state index contributed by atoms with van der Waals surface area (Å²) in [6, 6.07) is 10.3.